The lowest BCUT2D eigenvalue weighted by Crippen LogP contribution is -2.34. The third-order valence-corrected chi connectivity index (χ3v) is 4.54. The number of carbonyl (C=O) groups excluding carboxylic acids is 3. The molecule has 1 saturated heterocycles. The molecule has 0 bridgehead atoms. The van der Waals surface area contributed by atoms with Crippen LogP contribution >= 0.6 is 35.0 Å². The lowest BCUT2D eigenvalue weighted by atomic mass is 10.2. The molecule has 0 atom stereocenters. The number of benzene rings is 1. The minimum Gasteiger partial charge on any atom is -0.491 e. The summed E-state index contributed by atoms with van der Waals surface area (Å²) >= 11 is 13.0. The summed E-state index contributed by atoms with van der Waals surface area (Å²) < 4.78 is 10.1. The zero-order valence-electron chi connectivity index (χ0n) is 13.5. The maximum Gasteiger partial charge on any atom is 0.326 e. The Morgan fingerprint density at radius 3 is 2.40 bits per heavy atom. The summed E-state index contributed by atoms with van der Waals surface area (Å²) in [6, 6.07) is 3.16. The van der Waals surface area contributed by atoms with E-state index in [4.69, 9.17) is 32.7 Å². The Labute approximate surface area is 159 Å². The van der Waals surface area contributed by atoms with Crippen molar-refractivity contribution in [3.05, 3.63) is 32.6 Å². The molecule has 1 heterocycles. The van der Waals surface area contributed by atoms with Crippen molar-refractivity contribution in [1.29, 1.82) is 0 Å². The van der Waals surface area contributed by atoms with Gasteiger partial charge in [-0.3, -0.25) is 19.3 Å². The van der Waals surface area contributed by atoms with Crippen molar-refractivity contribution in [2.45, 2.75) is 13.8 Å². The largest absolute Gasteiger partial charge is 0.491 e. The SMILES string of the molecule is CCOC(=O)CN1C(=O)SC(=Cc2cc(Cl)c(OCC)c(Cl)c2)C1=O. The van der Waals surface area contributed by atoms with Crippen LogP contribution in [0.2, 0.25) is 10.0 Å². The quantitative estimate of drug-likeness (QED) is 0.527. The van der Waals surface area contributed by atoms with E-state index in [2.05, 4.69) is 0 Å². The van der Waals surface area contributed by atoms with E-state index >= 15 is 0 Å². The summed E-state index contributed by atoms with van der Waals surface area (Å²) in [7, 11) is 0. The molecule has 0 aliphatic carbocycles. The van der Waals surface area contributed by atoms with Crippen molar-refractivity contribution in [3.63, 3.8) is 0 Å². The topological polar surface area (TPSA) is 72.9 Å². The number of amides is 2. The van der Waals surface area contributed by atoms with Crippen LogP contribution in [0.15, 0.2) is 17.0 Å². The van der Waals surface area contributed by atoms with E-state index in [1.54, 1.807) is 26.0 Å². The van der Waals surface area contributed by atoms with Gasteiger partial charge in [-0.15, -0.1) is 0 Å². The average molecular weight is 404 g/mol. The summed E-state index contributed by atoms with van der Waals surface area (Å²) in [5, 5.41) is 0.0603. The van der Waals surface area contributed by atoms with Crippen LogP contribution in [0, 0.1) is 0 Å². The molecule has 2 amide bonds. The van der Waals surface area contributed by atoms with Gasteiger partial charge in [0, 0.05) is 0 Å². The minimum atomic E-state index is -0.641. The third-order valence-electron chi connectivity index (χ3n) is 3.07. The van der Waals surface area contributed by atoms with E-state index in [-0.39, 0.29) is 11.5 Å². The molecular formula is C16H15Cl2NO5S. The predicted molar refractivity (Wildman–Crippen MR) is 96.9 cm³/mol. The number of nitrogens with zero attached hydrogens (tertiary/aromatic N) is 1. The lowest BCUT2D eigenvalue weighted by Gasteiger charge is -2.11. The Morgan fingerprint density at radius 1 is 1.20 bits per heavy atom. The normalized spacial score (nSPS) is 15.8. The zero-order chi connectivity index (χ0) is 18.6. The molecular weight excluding hydrogens is 389 g/mol. The Kier molecular flexibility index (Phi) is 6.75. The van der Waals surface area contributed by atoms with Gasteiger partial charge in [-0.05, 0) is 49.4 Å². The first-order chi connectivity index (χ1) is 11.9. The van der Waals surface area contributed by atoms with E-state index in [0.717, 1.165) is 16.7 Å². The summed E-state index contributed by atoms with van der Waals surface area (Å²) in [4.78, 5) is 36.8. The van der Waals surface area contributed by atoms with Crippen LogP contribution in [0.4, 0.5) is 4.79 Å². The van der Waals surface area contributed by atoms with Crippen molar-refractivity contribution in [3.8, 4) is 5.75 Å². The molecule has 2 rings (SSSR count). The van der Waals surface area contributed by atoms with Crippen molar-refractivity contribution >= 4 is 58.2 Å². The highest BCUT2D eigenvalue weighted by molar-refractivity contribution is 8.18. The molecule has 0 spiro atoms. The third kappa shape index (κ3) is 4.68. The monoisotopic (exact) mass is 403 g/mol. The van der Waals surface area contributed by atoms with Crippen LogP contribution < -0.4 is 4.74 Å². The molecule has 1 aromatic carbocycles. The van der Waals surface area contributed by atoms with Gasteiger partial charge >= 0.3 is 5.97 Å². The number of thioether (sulfide) groups is 1. The second-order valence-electron chi connectivity index (χ2n) is 4.82. The van der Waals surface area contributed by atoms with Crippen LogP contribution in [0.3, 0.4) is 0 Å². The van der Waals surface area contributed by atoms with E-state index in [1.807, 2.05) is 0 Å². The molecule has 1 aromatic rings. The fourth-order valence-electron chi connectivity index (χ4n) is 2.07. The maximum atomic E-state index is 12.3. The van der Waals surface area contributed by atoms with Crippen LogP contribution in [0.5, 0.6) is 5.75 Å². The molecule has 0 saturated carbocycles. The number of esters is 1. The molecule has 6 nitrogen and oxygen atoms in total. The summed E-state index contributed by atoms with van der Waals surface area (Å²) in [6.45, 7) is 3.62. The molecule has 1 fully saturated rings. The molecule has 0 radical (unpaired) electrons. The smallest absolute Gasteiger partial charge is 0.326 e. The molecule has 0 N–H and O–H groups in total. The highest BCUT2D eigenvalue weighted by Crippen LogP contribution is 2.37. The molecule has 134 valence electrons. The number of halogens is 2. The Balaban J connectivity index is 2.23. The second kappa shape index (κ2) is 8.60. The number of rotatable bonds is 6. The maximum absolute atomic E-state index is 12.3. The highest BCUT2D eigenvalue weighted by atomic mass is 35.5. The van der Waals surface area contributed by atoms with Gasteiger partial charge in [0.25, 0.3) is 11.1 Å². The molecule has 1 aliphatic heterocycles. The van der Waals surface area contributed by atoms with E-state index in [1.165, 1.54) is 6.08 Å². The molecule has 25 heavy (non-hydrogen) atoms. The highest BCUT2D eigenvalue weighted by Gasteiger charge is 2.36. The van der Waals surface area contributed by atoms with Gasteiger partial charge in [-0.25, -0.2) is 0 Å². The number of carbonyl (C=O) groups is 3. The molecule has 0 aromatic heterocycles. The number of hydrogen-bond acceptors (Lipinski definition) is 6. The fourth-order valence-corrected chi connectivity index (χ4v) is 3.52. The molecule has 1 aliphatic rings. The fraction of sp³-hybridized carbons (Fsp3) is 0.312. The first kappa shape index (κ1) is 19.6. The van der Waals surface area contributed by atoms with Gasteiger partial charge in [0.1, 0.15) is 6.54 Å². The van der Waals surface area contributed by atoms with Crippen molar-refractivity contribution < 1.29 is 23.9 Å². The number of hydrogen-bond donors (Lipinski definition) is 0. The van der Waals surface area contributed by atoms with Crippen LogP contribution in [0.1, 0.15) is 19.4 Å². The lowest BCUT2D eigenvalue weighted by molar-refractivity contribution is -0.145. The van der Waals surface area contributed by atoms with Crippen LogP contribution in [0.25, 0.3) is 6.08 Å². The Hall–Kier alpha value is -1.70. The second-order valence-corrected chi connectivity index (χ2v) is 6.63. The minimum absolute atomic E-state index is 0.172. The zero-order valence-corrected chi connectivity index (χ0v) is 15.8. The first-order valence-corrected chi connectivity index (χ1v) is 8.97. The van der Waals surface area contributed by atoms with Crippen LogP contribution in [-0.4, -0.2) is 41.8 Å². The predicted octanol–water partition coefficient (Wildman–Crippen LogP) is 3.99. The molecule has 0 unspecified atom stereocenters. The summed E-state index contributed by atoms with van der Waals surface area (Å²) in [5.41, 5.74) is 0.542. The van der Waals surface area contributed by atoms with Crippen LogP contribution in [-0.2, 0) is 14.3 Å². The average Bonchev–Trinajstić information content (AvgIpc) is 2.79. The van der Waals surface area contributed by atoms with Crippen molar-refractivity contribution in [2.24, 2.45) is 0 Å². The van der Waals surface area contributed by atoms with E-state index in [9.17, 15) is 14.4 Å². The Bertz CT molecular complexity index is 727. The number of ether oxygens (including phenoxy) is 2. The Morgan fingerprint density at radius 2 is 1.84 bits per heavy atom. The van der Waals surface area contributed by atoms with Crippen molar-refractivity contribution in [2.75, 3.05) is 19.8 Å². The van der Waals surface area contributed by atoms with Gasteiger partial charge in [-0.2, -0.15) is 0 Å². The van der Waals surface area contributed by atoms with Gasteiger partial charge in [0.15, 0.2) is 5.75 Å². The van der Waals surface area contributed by atoms with Gasteiger partial charge in [-0.1, -0.05) is 23.2 Å². The van der Waals surface area contributed by atoms with Gasteiger partial charge in [0.05, 0.1) is 28.2 Å². The first-order valence-electron chi connectivity index (χ1n) is 7.40. The summed E-state index contributed by atoms with van der Waals surface area (Å²) in [6.07, 6.45) is 1.49. The number of imide groups is 1. The van der Waals surface area contributed by atoms with Gasteiger partial charge in [0.2, 0.25) is 0 Å². The van der Waals surface area contributed by atoms with E-state index in [0.29, 0.717) is 28.0 Å². The van der Waals surface area contributed by atoms with Gasteiger partial charge < -0.3 is 9.47 Å². The van der Waals surface area contributed by atoms with Crippen molar-refractivity contribution in [1.82, 2.24) is 4.90 Å². The standard InChI is InChI=1S/C16H15Cl2NO5S/c1-3-23-13(20)8-19-15(21)12(25-16(19)22)7-9-5-10(17)14(24-4-2)11(18)6-9/h5-7H,3-4,8H2,1-2H3. The molecule has 9 heteroatoms. The summed E-state index contributed by atoms with van der Waals surface area (Å²) in [5.74, 6) is -0.846. The van der Waals surface area contributed by atoms with E-state index < -0.39 is 23.7 Å².